The van der Waals surface area contributed by atoms with Gasteiger partial charge in [0.25, 0.3) is 0 Å². The second-order valence-corrected chi connectivity index (χ2v) is 7.30. The average Bonchev–Trinajstić information content (AvgIpc) is 2.91. The molecular weight excluding hydrogens is 343 g/mol. The lowest BCUT2D eigenvalue weighted by Gasteiger charge is -2.12. The van der Waals surface area contributed by atoms with Gasteiger partial charge in [0.15, 0.2) is 5.69 Å². The van der Waals surface area contributed by atoms with E-state index in [9.17, 15) is 21.6 Å². The van der Waals surface area contributed by atoms with Crippen LogP contribution in [0.4, 0.5) is 13.2 Å². The number of hydrogen-bond acceptors (Lipinski definition) is 3. The van der Waals surface area contributed by atoms with Gasteiger partial charge in [0.05, 0.1) is 11.4 Å². The van der Waals surface area contributed by atoms with Crippen molar-refractivity contribution < 1.29 is 21.6 Å². The summed E-state index contributed by atoms with van der Waals surface area (Å²) in [5.74, 6) is 0. The Kier molecular flexibility index (Phi) is 5.05. The van der Waals surface area contributed by atoms with Gasteiger partial charge in [-0.25, -0.2) is 13.1 Å². The van der Waals surface area contributed by atoms with Gasteiger partial charge in [-0.1, -0.05) is 6.07 Å². The minimum atomic E-state index is -4.51. The summed E-state index contributed by atoms with van der Waals surface area (Å²) in [6, 6.07) is 4.22. The molecule has 0 radical (unpaired) electrons. The second kappa shape index (κ2) is 6.56. The summed E-state index contributed by atoms with van der Waals surface area (Å²) < 4.78 is 65.5. The van der Waals surface area contributed by atoms with Crippen molar-refractivity contribution in [1.82, 2.24) is 14.5 Å². The van der Waals surface area contributed by atoms with Crippen LogP contribution in [0.2, 0.25) is 0 Å². The van der Waals surface area contributed by atoms with Gasteiger partial charge in [-0.15, -0.1) is 0 Å². The van der Waals surface area contributed by atoms with Crippen LogP contribution in [0.5, 0.6) is 0 Å². The molecular formula is C15H18F3N3O2S. The first-order valence-corrected chi connectivity index (χ1v) is 8.67. The summed E-state index contributed by atoms with van der Waals surface area (Å²) in [5, 5.41) is 3.37. The van der Waals surface area contributed by atoms with Crippen LogP contribution in [-0.4, -0.2) is 24.7 Å². The van der Waals surface area contributed by atoms with Crippen molar-refractivity contribution in [2.75, 3.05) is 6.54 Å². The first-order chi connectivity index (χ1) is 11.0. The molecule has 0 aliphatic rings. The molecule has 132 valence electrons. The molecule has 0 aliphatic heterocycles. The van der Waals surface area contributed by atoms with E-state index in [0.29, 0.717) is 5.56 Å². The Morgan fingerprint density at radius 3 is 2.33 bits per heavy atom. The van der Waals surface area contributed by atoms with Crippen molar-refractivity contribution in [3.63, 3.8) is 0 Å². The van der Waals surface area contributed by atoms with Crippen molar-refractivity contribution in [1.29, 1.82) is 0 Å². The van der Waals surface area contributed by atoms with E-state index in [1.807, 2.05) is 13.8 Å². The molecule has 5 nitrogen and oxygen atoms in total. The van der Waals surface area contributed by atoms with Gasteiger partial charge < -0.3 is 0 Å². The lowest BCUT2D eigenvalue weighted by Crippen LogP contribution is -2.28. The van der Waals surface area contributed by atoms with Crippen LogP contribution < -0.4 is 4.72 Å². The number of sulfonamides is 1. The molecule has 1 aromatic heterocycles. The molecule has 1 aromatic carbocycles. The number of alkyl halides is 3. The molecule has 0 unspecified atom stereocenters. The normalized spacial score (nSPS) is 12.6. The van der Waals surface area contributed by atoms with Gasteiger partial charge >= 0.3 is 6.18 Å². The Labute approximate surface area is 138 Å². The fourth-order valence-electron chi connectivity index (χ4n) is 2.23. The molecule has 0 fully saturated rings. The van der Waals surface area contributed by atoms with Gasteiger partial charge in [0, 0.05) is 12.7 Å². The Bertz CT molecular complexity index is 842. The van der Waals surface area contributed by atoms with Crippen molar-refractivity contribution in [3.05, 3.63) is 46.8 Å². The van der Waals surface area contributed by atoms with Crippen molar-refractivity contribution >= 4 is 10.0 Å². The van der Waals surface area contributed by atoms with E-state index in [2.05, 4.69) is 9.82 Å². The maximum Gasteiger partial charge on any atom is 0.435 e. The summed E-state index contributed by atoms with van der Waals surface area (Å²) in [5.41, 5.74) is 1.45. The molecule has 0 atom stereocenters. The first kappa shape index (κ1) is 18.5. The number of benzene rings is 1. The molecule has 0 aliphatic carbocycles. The zero-order valence-corrected chi connectivity index (χ0v) is 14.3. The maximum absolute atomic E-state index is 12.5. The lowest BCUT2D eigenvalue weighted by atomic mass is 10.1. The fourth-order valence-corrected chi connectivity index (χ4v) is 3.56. The van der Waals surface area contributed by atoms with E-state index in [4.69, 9.17) is 0 Å². The first-order valence-electron chi connectivity index (χ1n) is 7.19. The fraction of sp³-hybridized carbons (Fsp3) is 0.400. The van der Waals surface area contributed by atoms with Crippen molar-refractivity contribution in [3.8, 4) is 0 Å². The Morgan fingerprint density at radius 2 is 1.75 bits per heavy atom. The monoisotopic (exact) mass is 361 g/mol. The van der Waals surface area contributed by atoms with Gasteiger partial charge in [0.2, 0.25) is 10.0 Å². The Balaban J connectivity index is 2.06. The van der Waals surface area contributed by atoms with Crippen molar-refractivity contribution in [2.45, 2.75) is 38.4 Å². The molecule has 0 saturated heterocycles. The molecule has 1 heterocycles. The molecule has 0 spiro atoms. The van der Waals surface area contributed by atoms with Crippen LogP contribution in [0.25, 0.3) is 0 Å². The zero-order chi connectivity index (χ0) is 18.1. The summed E-state index contributed by atoms with van der Waals surface area (Å²) in [6.45, 7) is 5.34. The molecule has 0 saturated carbocycles. The van der Waals surface area contributed by atoms with Gasteiger partial charge in [-0.05, 0) is 49.6 Å². The molecule has 2 rings (SSSR count). The number of aryl methyl sites for hydroxylation is 3. The highest BCUT2D eigenvalue weighted by Gasteiger charge is 2.33. The third kappa shape index (κ3) is 4.15. The molecule has 1 N–H and O–H groups in total. The summed E-state index contributed by atoms with van der Waals surface area (Å²) in [4.78, 5) is 0.169. The molecule has 24 heavy (non-hydrogen) atoms. The summed E-state index contributed by atoms with van der Waals surface area (Å²) in [7, 11) is -3.74. The van der Waals surface area contributed by atoms with E-state index in [0.717, 1.165) is 21.9 Å². The quantitative estimate of drug-likeness (QED) is 0.891. The topological polar surface area (TPSA) is 64.0 Å². The minimum Gasteiger partial charge on any atom is -0.271 e. The van der Waals surface area contributed by atoms with Crippen LogP contribution in [0, 0.1) is 20.8 Å². The SMILES string of the molecule is Cc1cc(C)c(S(=O)(=O)NCCn2ccc(C(F)(F)F)n2)cc1C. The number of hydrogen-bond donors (Lipinski definition) is 1. The zero-order valence-electron chi connectivity index (χ0n) is 13.5. The number of nitrogens with one attached hydrogen (secondary N) is 1. The third-order valence-electron chi connectivity index (χ3n) is 3.64. The predicted molar refractivity (Wildman–Crippen MR) is 83.1 cm³/mol. The third-order valence-corrected chi connectivity index (χ3v) is 5.25. The largest absolute Gasteiger partial charge is 0.435 e. The standard InChI is InChI=1S/C15H18F3N3O2S/c1-10-8-12(3)13(9-11(10)2)24(22,23)19-5-7-21-6-4-14(20-21)15(16,17)18/h4,6,8-9,19H,5,7H2,1-3H3. The minimum absolute atomic E-state index is 0.000793. The Hall–Kier alpha value is -1.87. The van der Waals surface area contributed by atoms with Gasteiger partial charge in [0.1, 0.15) is 0 Å². The van der Waals surface area contributed by atoms with Crippen LogP contribution in [-0.2, 0) is 22.7 Å². The van der Waals surface area contributed by atoms with Crippen molar-refractivity contribution in [2.24, 2.45) is 0 Å². The highest BCUT2D eigenvalue weighted by Crippen LogP contribution is 2.27. The number of nitrogens with zero attached hydrogens (tertiary/aromatic N) is 2. The summed E-state index contributed by atoms with van der Waals surface area (Å²) >= 11 is 0. The predicted octanol–water partition coefficient (Wildman–Crippen LogP) is 2.81. The maximum atomic E-state index is 12.5. The van der Waals surface area contributed by atoms with Crippen LogP contribution >= 0.6 is 0 Å². The van der Waals surface area contributed by atoms with E-state index < -0.39 is 21.9 Å². The van der Waals surface area contributed by atoms with Crippen LogP contribution in [0.15, 0.2) is 29.3 Å². The average molecular weight is 361 g/mol. The van der Waals surface area contributed by atoms with Crippen LogP contribution in [0.3, 0.4) is 0 Å². The molecule has 9 heteroatoms. The van der Waals surface area contributed by atoms with E-state index in [1.54, 1.807) is 19.1 Å². The van der Waals surface area contributed by atoms with E-state index in [-0.39, 0.29) is 18.0 Å². The number of halogens is 3. The number of aromatic nitrogens is 2. The molecule has 0 bridgehead atoms. The van der Waals surface area contributed by atoms with Gasteiger partial charge in [-0.2, -0.15) is 18.3 Å². The van der Waals surface area contributed by atoms with Crippen LogP contribution in [0.1, 0.15) is 22.4 Å². The highest BCUT2D eigenvalue weighted by atomic mass is 32.2. The smallest absolute Gasteiger partial charge is 0.271 e. The molecule has 2 aromatic rings. The Morgan fingerprint density at radius 1 is 1.12 bits per heavy atom. The highest BCUT2D eigenvalue weighted by molar-refractivity contribution is 7.89. The van der Waals surface area contributed by atoms with Gasteiger partial charge in [-0.3, -0.25) is 4.68 Å². The van der Waals surface area contributed by atoms with E-state index in [1.165, 1.54) is 6.20 Å². The molecule has 0 amide bonds. The second-order valence-electron chi connectivity index (χ2n) is 5.56. The van der Waals surface area contributed by atoms with E-state index >= 15 is 0 Å². The lowest BCUT2D eigenvalue weighted by molar-refractivity contribution is -0.141. The number of rotatable bonds is 5. The summed E-state index contributed by atoms with van der Waals surface area (Å²) in [6.07, 6.45) is -3.35.